The van der Waals surface area contributed by atoms with E-state index in [4.69, 9.17) is 13.9 Å². The summed E-state index contributed by atoms with van der Waals surface area (Å²) >= 11 is 0. The first-order chi connectivity index (χ1) is 18.1. The molecule has 214 valence electrons. The SMILES string of the molecule is CCOC(=O)c1ccc(C[C@@H]2CC[C@H]([C@H](O[Si](C)(C)C(C)(C)C)c3cccnc3)N2C(=O)OC(C)(C)C)cc1. The van der Waals surface area contributed by atoms with Crippen molar-refractivity contribution in [3.05, 3.63) is 65.5 Å². The Bertz CT molecular complexity index is 1110. The Morgan fingerprint density at radius 1 is 1.05 bits per heavy atom. The monoisotopic (exact) mass is 554 g/mol. The number of likely N-dealkylation sites (tertiary alicyclic amines) is 1. The average molecular weight is 555 g/mol. The molecule has 1 saturated heterocycles. The Labute approximate surface area is 235 Å². The number of benzene rings is 1. The largest absolute Gasteiger partial charge is 0.462 e. The number of carbonyl (C=O) groups excluding carboxylic acids is 2. The van der Waals surface area contributed by atoms with Gasteiger partial charge in [0, 0.05) is 18.4 Å². The van der Waals surface area contributed by atoms with Gasteiger partial charge in [-0.2, -0.15) is 0 Å². The third-order valence-electron chi connectivity index (χ3n) is 7.68. The molecule has 7 nitrogen and oxygen atoms in total. The van der Waals surface area contributed by atoms with Crippen LogP contribution in [-0.4, -0.2) is 54.6 Å². The topological polar surface area (TPSA) is 78.0 Å². The Morgan fingerprint density at radius 2 is 1.72 bits per heavy atom. The zero-order valence-electron chi connectivity index (χ0n) is 25.1. The molecule has 1 amide bonds. The minimum Gasteiger partial charge on any atom is -0.462 e. The number of hydrogen-bond acceptors (Lipinski definition) is 6. The Hall–Kier alpha value is -2.71. The lowest BCUT2D eigenvalue weighted by molar-refractivity contribution is -0.00244. The summed E-state index contributed by atoms with van der Waals surface area (Å²) in [7, 11) is -2.20. The molecule has 0 radical (unpaired) electrons. The second kappa shape index (κ2) is 12.2. The molecule has 8 heteroatoms. The van der Waals surface area contributed by atoms with Crippen molar-refractivity contribution in [3.8, 4) is 0 Å². The Balaban J connectivity index is 1.96. The number of amides is 1. The number of nitrogens with zero attached hydrogens (tertiary/aromatic N) is 2. The van der Waals surface area contributed by atoms with Gasteiger partial charge in [0.1, 0.15) is 5.60 Å². The summed E-state index contributed by atoms with van der Waals surface area (Å²) in [6, 6.07) is 11.2. The molecule has 2 heterocycles. The highest BCUT2D eigenvalue weighted by molar-refractivity contribution is 6.74. The van der Waals surface area contributed by atoms with Crippen LogP contribution in [0.2, 0.25) is 18.1 Å². The zero-order valence-corrected chi connectivity index (χ0v) is 26.1. The first-order valence-corrected chi connectivity index (χ1v) is 16.9. The fraction of sp³-hybridized carbons (Fsp3) is 0.581. The van der Waals surface area contributed by atoms with Crippen LogP contribution in [0.1, 0.15) is 88.9 Å². The lowest BCUT2D eigenvalue weighted by atomic mass is 10.0. The fourth-order valence-electron chi connectivity index (χ4n) is 4.68. The van der Waals surface area contributed by atoms with Crippen molar-refractivity contribution in [2.45, 2.75) is 110 Å². The van der Waals surface area contributed by atoms with Gasteiger partial charge in [0.25, 0.3) is 0 Å². The molecule has 0 unspecified atom stereocenters. The number of rotatable bonds is 8. The number of aromatic nitrogens is 1. The van der Waals surface area contributed by atoms with Gasteiger partial charge in [-0.1, -0.05) is 39.0 Å². The zero-order chi connectivity index (χ0) is 29.0. The van der Waals surface area contributed by atoms with Crippen molar-refractivity contribution in [2.75, 3.05) is 6.61 Å². The van der Waals surface area contributed by atoms with Gasteiger partial charge in [-0.25, -0.2) is 9.59 Å². The molecule has 1 aromatic heterocycles. The van der Waals surface area contributed by atoms with E-state index < -0.39 is 13.9 Å². The minimum atomic E-state index is -2.20. The predicted molar refractivity (Wildman–Crippen MR) is 156 cm³/mol. The third-order valence-corrected chi connectivity index (χ3v) is 12.1. The maximum absolute atomic E-state index is 13.8. The first kappa shape index (κ1) is 30.8. The van der Waals surface area contributed by atoms with E-state index in [1.165, 1.54) is 0 Å². The van der Waals surface area contributed by atoms with E-state index in [0.717, 1.165) is 24.0 Å². The van der Waals surface area contributed by atoms with E-state index in [-0.39, 0.29) is 35.3 Å². The number of hydrogen-bond donors (Lipinski definition) is 0. The molecule has 1 aliphatic heterocycles. The molecule has 39 heavy (non-hydrogen) atoms. The van der Waals surface area contributed by atoms with Gasteiger partial charge in [-0.15, -0.1) is 0 Å². The number of ether oxygens (including phenoxy) is 2. The summed E-state index contributed by atoms with van der Waals surface area (Å²) in [5, 5.41) is 0.00286. The van der Waals surface area contributed by atoms with Crippen molar-refractivity contribution in [1.29, 1.82) is 0 Å². The van der Waals surface area contributed by atoms with E-state index >= 15 is 0 Å². The predicted octanol–water partition coefficient (Wildman–Crippen LogP) is 7.33. The van der Waals surface area contributed by atoms with E-state index in [1.54, 1.807) is 25.3 Å². The summed E-state index contributed by atoms with van der Waals surface area (Å²) in [5.74, 6) is -0.331. The van der Waals surface area contributed by atoms with Crippen LogP contribution < -0.4 is 0 Å². The molecule has 0 bridgehead atoms. The maximum Gasteiger partial charge on any atom is 0.410 e. The van der Waals surface area contributed by atoms with Gasteiger partial charge in [0.05, 0.1) is 24.3 Å². The Morgan fingerprint density at radius 3 is 2.26 bits per heavy atom. The van der Waals surface area contributed by atoms with E-state index in [0.29, 0.717) is 18.6 Å². The van der Waals surface area contributed by atoms with E-state index in [9.17, 15) is 9.59 Å². The number of esters is 1. The fourth-order valence-corrected chi connectivity index (χ4v) is 5.96. The van der Waals surface area contributed by atoms with Crippen LogP contribution in [0.15, 0.2) is 48.8 Å². The third kappa shape index (κ3) is 7.91. The standard InChI is InChI=1S/C31H46N2O5Si/c1-10-36-28(34)23-15-13-22(14-16-23)20-25-17-18-26(33(25)29(35)37-30(2,3)4)27(24-12-11-19-32-21-24)38-39(8,9)31(5,6)7/h11-16,19,21,25-27H,10,17-18,20H2,1-9H3/t25-,26+,27+/m0/s1. The summed E-state index contributed by atoms with van der Waals surface area (Å²) in [4.78, 5) is 32.2. The quantitative estimate of drug-likeness (QED) is 0.251. The van der Waals surface area contributed by atoms with Gasteiger partial charge in [0.15, 0.2) is 8.32 Å². The van der Waals surface area contributed by atoms with Crippen LogP contribution in [0.5, 0.6) is 0 Å². The second-order valence-electron chi connectivity index (χ2n) is 12.9. The van der Waals surface area contributed by atoms with Gasteiger partial charge in [-0.3, -0.25) is 9.88 Å². The van der Waals surface area contributed by atoms with Crippen molar-refractivity contribution in [3.63, 3.8) is 0 Å². The summed E-state index contributed by atoms with van der Waals surface area (Å²) < 4.78 is 18.1. The van der Waals surface area contributed by atoms with Gasteiger partial charge >= 0.3 is 12.1 Å². The highest BCUT2D eigenvalue weighted by Crippen LogP contribution is 2.44. The molecule has 1 fully saturated rings. The molecular formula is C31H46N2O5Si. The van der Waals surface area contributed by atoms with Crippen LogP contribution in [0.3, 0.4) is 0 Å². The lowest BCUT2D eigenvalue weighted by Gasteiger charge is -2.43. The first-order valence-electron chi connectivity index (χ1n) is 14.0. The highest BCUT2D eigenvalue weighted by Gasteiger charge is 2.47. The van der Waals surface area contributed by atoms with Crippen molar-refractivity contribution < 1.29 is 23.5 Å². The van der Waals surface area contributed by atoms with Crippen molar-refractivity contribution in [2.24, 2.45) is 0 Å². The molecule has 0 saturated carbocycles. The summed E-state index contributed by atoms with van der Waals surface area (Å²) in [5.41, 5.74) is 1.92. The number of carbonyl (C=O) groups is 2. The molecule has 0 N–H and O–H groups in total. The van der Waals surface area contributed by atoms with Crippen molar-refractivity contribution >= 4 is 20.4 Å². The minimum absolute atomic E-state index is 0.00286. The van der Waals surface area contributed by atoms with Gasteiger partial charge < -0.3 is 13.9 Å². The smallest absolute Gasteiger partial charge is 0.410 e. The Kier molecular flexibility index (Phi) is 9.65. The summed E-state index contributed by atoms with van der Waals surface area (Å²) in [6.07, 6.45) is 5.23. The van der Waals surface area contributed by atoms with Crippen LogP contribution >= 0.6 is 0 Å². The maximum atomic E-state index is 13.8. The summed E-state index contributed by atoms with van der Waals surface area (Å²) in [6.45, 7) is 19.0. The van der Waals surface area contributed by atoms with Crippen molar-refractivity contribution in [1.82, 2.24) is 9.88 Å². The number of pyridine rings is 1. The van der Waals surface area contributed by atoms with E-state index in [2.05, 4.69) is 38.8 Å². The molecule has 3 rings (SSSR count). The molecule has 0 aliphatic carbocycles. The molecular weight excluding hydrogens is 508 g/mol. The molecule has 1 aliphatic rings. The van der Waals surface area contributed by atoms with Crippen LogP contribution in [-0.2, 0) is 20.3 Å². The van der Waals surface area contributed by atoms with E-state index in [1.807, 2.05) is 56.1 Å². The highest BCUT2D eigenvalue weighted by atomic mass is 28.4. The van der Waals surface area contributed by atoms with Crippen LogP contribution in [0, 0.1) is 0 Å². The average Bonchev–Trinajstić information content (AvgIpc) is 3.25. The molecule has 3 atom stereocenters. The second-order valence-corrected chi connectivity index (χ2v) is 17.6. The lowest BCUT2D eigenvalue weighted by Crippen LogP contribution is -2.50. The van der Waals surface area contributed by atoms with Gasteiger partial charge in [-0.05, 0) is 94.4 Å². The molecule has 0 spiro atoms. The van der Waals surface area contributed by atoms with Crippen LogP contribution in [0.4, 0.5) is 4.79 Å². The molecule has 1 aromatic carbocycles. The molecule has 2 aromatic rings. The van der Waals surface area contributed by atoms with Gasteiger partial charge in [0.2, 0.25) is 0 Å². The van der Waals surface area contributed by atoms with Crippen LogP contribution in [0.25, 0.3) is 0 Å². The normalized spacial score (nSPS) is 19.1.